The van der Waals surface area contributed by atoms with Gasteiger partial charge in [-0.1, -0.05) is 30.3 Å². The van der Waals surface area contributed by atoms with Crippen molar-refractivity contribution in [2.24, 2.45) is 0 Å². The summed E-state index contributed by atoms with van der Waals surface area (Å²) in [6.07, 6.45) is 0. The highest BCUT2D eigenvalue weighted by molar-refractivity contribution is 7.09. The zero-order chi connectivity index (χ0) is 17.9. The second-order valence-corrected chi connectivity index (χ2v) is 7.52. The molecule has 26 heavy (non-hydrogen) atoms. The van der Waals surface area contributed by atoms with Crippen molar-refractivity contribution < 1.29 is 4.79 Å². The number of carbonyl (C=O) groups is 1. The van der Waals surface area contributed by atoms with E-state index in [0.717, 1.165) is 54.7 Å². The van der Waals surface area contributed by atoms with Gasteiger partial charge in [0.2, 0.25) is 0 Å². The van der Waals surface area contributed by atoms with E-state index >= 15 is 0 Å². The van der Waals surface area contributed by atoms with Gasteiger partial charge in [0.25, 0.3) is 5.91 Å². The number of thiazole rings is 1. The highest BCUT2D eigenvalue weighted by Crippen LogP contribution is 2.18. The summed E-state index contributed by atoms with van der Waals surface area (Å²) in [5.41, 5.74) is 3.47. The number of rotatable bonds is 4. The number of nitrogens with one attached hydrogen (secondary N) is 1. The van der Waals surface area contributed by atoms with E-state index in [1.165, 1.54) is 0 Å². The molecule has 7 heteroatoms. The predicted molar refractivity (Wildman–Crippen MR) is 102 cm³/mol. The Morgan fingerprint density at radius 3 is 2.65 bits per heavy atom. The Morgan fingerprint density at radius 2 is 1.96 bits per heavy atom. The molecule has 1 amide bonds. The Kier molecular flexibility index (Phi) is 4.81. The van der Waals surface area contributed by atoms with Crippen LogP contribution in [0, 0.1) is 6.92 Å². The standard InChI is InChI=1S/C19H21N5OS/c1-14-20-16(13-26-14)12-23-7-9-24(10-8-23)19(25)18-11-17(21-22-18)15-5-3-2-4-6-15/h2-6,11,13H,7-10,12H2,1H3,(H,21,22). The van der Waals surface area contributed by atoms with Crippen molar-refractivity contribution in [3.63, 3.8) is 0 Å². The fourth-order valence-electron chi connectivity index (χ4n) is 3.18. The highest BCUT2D eigenvalue weighted by atomic mass is 32.1. The van der Waals surface area contributed by atoms with Gasteiger partial charge in [-0.15, -0.1) is 11.3 Å². The Hall–Kier alpha value is -2.51. The molecular formula is C19H21N5OS. The summed E-state index contributed by atoms with van der Waals surface area (Å²) in [5, 5.41) is 10.4. The Labute approximate surface area is 156 Å². The number of hydrogen-bond donors (Lipinski definition) is 1. The number of aryl methyl sites for hydroxylation is 1. The predicted octanol–water partition coefficient (Wildman–Crippen LogP) is 2.80. The molecule has 0 bridgehead atoms. The monoisotopic (exact) mass is 367 g/mol. The molecular weight excluding hydrogens is 346 g/mol. The molecule has 1 fully saturated rings. The van der Waals surface area contributed by atoms with Crippen LogP contribution < -0.4 is 0 Å². The van der Waals surface area contributed by atoms with Gasteiger partial charge >= 0.3 is 0 Å². The first-order valence-electron chi connectivity index (χ1n) is 8.72. The maximum absolute atomic E-state index is 12.7. The van der Waals surface area contributed by atoms with Gasteiger partial charge in [-0.2, -0.15) is 5.10 Å². The Bertz CT molecular complexity index is 880. The molecule has 134 valence electrons. The number of aromatic nitrogens is 3. The maximum atomic E-state index is 12.7. The van der Waals surface area contributed by atoms with Crippen molar-refractivity contribution in [3.05, 3.63) is 58.2 Å². The van der Waals surface area contributed by atoms with Crippen LogP contribution in [0.1, 0.15) is 21.2 Å². The molecule has 0 unspecified atom stereocenters. The molecule has 1 aliphatic heterocycles. The molecule has 6 nitrogen and oxygen atoms in total. The number of amides is 1. The van der Waals surface area contributed by atoms with Crippen molar-refractivity contribution in [1.82, 2.24) is 25.0 Å². The van der Waals surface area contributed by atoms with Gasteiger partial charge in [0.15, 0.2) is 0 Å². The first kappa shape index (κ1) is 16.9. The Balaban J connectivity index is 1.36. The normalized spacial score (nSPS) is 15.3. The van der Waals surface area contributed by atoms with Crippen LogP contribution in [0.2, 0.25) is 0 Å². The lowest BCUT2D eigenvalue weighted by molar-refractivity contribution is 0.0621. The van der Waals surface area contributed by atoms with E-state index in [-0.39, 0.29) is 5.91 Å². The molecule has 1 saturated heterocycles. The largest absolute Gasteiger partial charge is 0.335 e. The topological polar surface area (TPSA) is 65.1 Å². The van der Waals surface area contributed by atoms with Crippen LogP contribution in [0.5, 0.6) is 0 Å². The average molecular weight is 367 g/mol. The fourth-order valence-corrected chi connectivity index (χ4v) is 3.78. The summed E-state index contributed by atoms with van der Waals surface area (Å²) in [4.78, 5) is 21.5. The lowest BCUT2D eigenvalue weighted by Gasteiger charge is -2.34. The van der Waals surface area contributed by atoms with E-state index in [2.05, 4.69) is 25.5 Å². The van der Waals surface area contributed by atoms with Crippen molar-refractivity contribution in [2.45, 2.75) is 13.5 Å². The average Bonchev–Trinajstić information content (AvgIpc) is 3.32. The number of hydrogen-bond acceptors (Lipinski definition) is 5. The molecule has 2 aromatic heterocycles. The van der Waals surface area contributed by atoms with Gasteiger partial charge in [0.1, 0.15) is 5.69 Å². The lowest BCUT2D eigenvalue weighted by Crippen LogP contribution is -2.48. The van der Waals surface area contributed by atoms with Gasteiger partial charge in [0, 0.05) is 43.7 Å². The van der Waals surface area contributed by atoms with Crippen molar-refractivity contribution in [3.8, 4) is 11.3 Å². The van der Waals surface area contributed by atoms with Crippen molar-refractivity contribution in [1.29, 1.82) is 0 Å². The van der Waals surface area contributed by atoms with E-state index < -0.39 is 0 Å². The van der Waals surface area contributed by atoms with Crippen molar-refractivity contribution >= 4 is 17.2 Å². The minimum Gasteiger partial charge on any atom is -0.335 e. The third-order valence-electron chi connectivity index (χ3n) is 4.59. The highest BCUT2D eigenvalue weighted by Gasteiger charge is 2.24. The van der Waals surface area contributed by atoms with Crippen LogP contribution in [0.15, 0.2) is 41.8 Å². The van der Waals surface area contributed by atoms with Crippen LogP contribution in [-0.2, 0) is 6.54 Å². The van der Waals surface area contributed by atoms with Gasteiger partial charge in [-0.3, -0.25) is 14.8 Å². The summed E-state index contributed by atoms with van der Waals surface area (Å²) < 4.78 is 0. The summed E-state index contributed by atoms with van der Waals surface area (Å²) >= 11 is 1.68. The molecule has 0 aliphatic carbocycles. The molecule has 0 spiro atoms. The molecule has 0 radical (unpaired) electrons. The molecule has 4 rings (SSSR count). The van der Waals surface area contributed by atoms with Crippen molar-refractivity contribution in [2.75, 3.05) is 26.2 Å². The van der Waals surface area contributed by atoms with Crippen LogP contribution in [0.25, 0.3) is 11.3 Å². The van der Waals surface area contributed by atoms with E-state index in [1.807, 2.05) is 48.2 Å². The van der Waals surface area contributed by atoms with Gasteiger partial charge in [-0.05, 0) is 13.0 Å². The molecule has 1 N–H and O–H groups in total. The van der Waals surface area contributed by atoms with Crippen LogP contribution >= 0.6 is 11.3 Å². The minimum atomic E-state index is 0.0174. The van der Waals surface area contributed by atoms with Gasteiger partial charge in [-0.25, -0.2) is 4.98 Å². The lowest BCUT2D eigenvalue weighted by atomic mass is 10.1. The van der Waals surface area contributed by atoms with Gasteiger partial charge in [0.05, 0.1) is 16.4 Å². The number of piperazine rings is 1. The zero-order valence-corrected chi connectivity index (χ0v) is 15.5. The maximum Gasteiger partial charge on any atom is 0.271 e. The summed E-state index contributed by atoms with van der Waals surface area (Å²) in [7, 11) is 0. The van der Waals surface area contributed by atoms with Crippen LogP contribution in [-0.4, -0.2) is 57.1 Å². The van der Waals surface area contributed by atoms with Crippen LogP contribution in [0.4, 0.5) is 0 Å². The molecule has 3 aromatic rings. The third kappa shape index (κ3) is 3.68. The second-order valence-electron chi connectivity index (χ2n) is 6.46. The molecule has 1 aromatic carbocycles. The second kappa shape index (κ2) is 7.39. The smallest absolute Gasteiger partial charge is 0.271 e. The number of nitrogens with zero attached hydrogens (tertiary/aromatic N) is 4. The summed E-state index contributed by atoms with van der Waals surface area (Å²) in [5.74, 6) is 0.0174. The molecule has 0 saturated carbocycles. The van der Waals surface area contributed by atoms with E-state index in [9.17, 15) is 4.79 Å². The Morgan fingerprint density at radius 1 is 1.19 bits per heavy atom. The third-order valence-corrected chi connectivity index (χ3v) is 5.41. The zero-order valence-electron chi connectivity index (χ0n) is 14.7. The van der Waals surface area contributed by atoms with E-state index in [0.29, 0.717) is 5.69 Å². The number of carbonyl (C=O) groups excluding carboxylic acids is 1. The number of aromatic amines is 1. The fraction of sp³-hybridized carbons (Fsp3) is 0.316. The number of benzene rings is 1. The SMILES string of the molecule is Cc1nc(CN2CCN(C(=O)c3cc(-c4ccccc4)n[nH]3)CC2)cs1. The van der Waals surface area contributed by atoms with Crippen LogP contribution in [0.3, 0.4) is 0 Å². The summed E-state index contributed by atoms with van der Waals surface area (Å²) in [6.45, 7) is 6.06. The van der Waals surface area contributed by atoms with E-state index in [1.54, 1.807) is 11.3 Å². The van der Waals surface area contributed by atoms with Gasteiger partial charge < -0.3 is 4.90 Å². The molecule has 3 heterocycles. The molecule has 1 aliphatic rings. The first-order chi connectivity index (χ1) is 12.7. The summed E-state index contributed by atoms with van der Waals surface area (Å²) in [6, 6.07) is 11.7. The first-order valence-corrected chi connectivity index (χ1v) is 9.60. The van der Waals surface area contributed by atoms with E-state index in [4.69, 9.17) is 0 Å². The number of H-pyrrole nitrogens is 1. The minimum absolute atomic E-state index is 0.0174. The quantitative estimate of drug-likeness (QED) is 0.770. The molecule has 0 atom stereocenters.